The highest BCUT2D eigenvalue weighted by Crippen LogP contribution is 2.23. The number of nitrogens with zero attached hydrogens (tertiary/aromatic N) is 3. The molecule has 4 rings (SSSR count). The molecular weight excluding hydrogens is 369 g/mol. The maximum Gasteiger partial charge on any atom is 0.261 e. The second kappa shape index (κ2) is 7.07. The van der Waals surface area contributed by atoms with Gasteiger partial charge in [-0.2, -0.15) is 5.10 Å². The summed E-state index contributed by atoms with van der Waals surface area (Å²) >= 11 is 0. The van der Waals surface area contributed by atoms with Crippen molar-refractivity contribution in [3.05, 3.63) is 96.2 Å². The van der Waals surface area contributed by atoms with Crippen molar-refractivity contribution >= 4 is 11.6 Å². The van der Waals surface area contributed by atoms with Crippen molar-refractivity contribution in [2.45, 2.75) is 0 Å². The van der Waals surface area contributed by atoms with E-state index in [0.29, 0.717) is 5.82 Å². The summed E-state index contributed by atoms with van der Waals surface area (Å²) in [5.41, 5.74) is 0.378. The van der Waals surface area contributed by atoms with E-state index in [1.54, 1.807) is 41.2 Å². The van der Waals surface area contributed by atoms with Crippen LogP contribution >= 0.6 is 0 Å². The minimum atomic E-state index is -1.08. The smallest absolute Gasteiger partial charge is 0.261 e. The van der Waals surface area contributed by atoms with E-state index >= 15 is 0 Å². The molecule has 2 aromatic heterocycles. The highest BCUT2D eigenvalue weighted by Gasteiger charge is 2.21. The molecule has 2 aromatic carbocycles. The Bertz CT molecular complexity index is 1150. The molecule has 8 heteroatoms. The third kappa shape index (κ3) is 3.16. The number of para-hydroxylation sites is 1. The van der Waals surface area contributed by atoms with Crippen molar-refractivity contribution in [2.75, 3.05) is 5.32 Å². The molecule has 0 saturated heterocycles. The summed E-state index contributed by atoms with van der Waals surface area (Å²) in [6.45, 7) is 0. The molecule has 0 bridgehead atoms. The standard InChI is InChI=1S/C20H13F3N4O/c21-15-8-7-13(11-17(15)23)25-19(28)14-12-24-27(18-6-2-1-5-16(18)22)20(14)26-9-3-4-10-26/h1-12H,(H,25,28). The molecule has 0 aliphatic rings. The van der Waals surface area contributed by atoms with Gasteiger partial charge in [-0.1, -0.05) is 12.1 Å². The summed E-state index contributed by atoms with van der Waals surface area (Å²) < 4.78 is 43.7. The Morgan fingerprint density at radius 2 is 1.64 bits per heavy atom. The normalized spacial score (nSPS) is 10.8. The molecule has 4 aromatic rings. The number of anilines is 1. The van der Waals surface area contributed by atoms with Crippen LogP contribution in [0.15, 0.2) is 73.2 Å². The molecular formula is C20H13F3N4O. The first-order valence-corrected chi connectivity index (χ1v) is 8.27. The van der Waals surface area contributed by atoms with E-state index in [4.69, 9.17) is 0 Å². The van der Waals surface area contributed by atoms with E-state index in [1.165, 1.54) is 29.1 Å². The summed E-state index contributed by atoms with van der Waals surface area (Å²) in [6.07, 6.45) is 4.66. The molecule has 0 atom stereocenters. The fourth-order valence-corrected chi connectivity index (χ4v) is 2.80. The fraction of sp³-hybridized carbons (Fsp3) is 0. The number of amides is 1. The average molecular weight is 382 g/mol. The topological polar surface area (TPSA) is 51.9 Å². The number of benzene rings is 2. The van der Waals surface area contributed by atoms with E-state index in [2.05, 4.69) is 10.4 Å². The van der Waals surface area contributed by atoms with Crippen LogP contribution in [0.25, 0.3) is 11.5 Å². The predicted octanol–water partition coefficient (Wildman–Crippen LogP) is 4.33. The third-order valence-electron chi connectivity index (χ3n) is 4.10. The van der Waals surface area contributed by atoms with Gasteiger partial charge in [0.2, 0.25) is 0 Å². The maximum atomic E-state index is 14.3. The van der Waals surface area contributed by atoms with Gasteiger partial charge in [0.05, 0.1) is 6.20 Å². The number of carbonyl (C=O) groups is 1. The van der Waals surface area contributed by atoms with Crippen LogP contribution in [-0.4, -0.2) is 20.3 Å². The van der Waals surface area contributed by atoms with Crippen LogP contribution in [0.3, 0.4) is 0 Å². The van der Waals surface area contributed by atoms with Gasteiger partial charge in [-0.05, 0) is 36.4 Å². The molecule has 0 radical (unpaired) electrons. The second-order valence-corrected chi connectivity index (χ2v) is 5.92. The van der Waals surface area contributed by atoms with Gasteiger partial charge in [-0.25, -0.2) is 17.9 Å². The molecule has 1 amide bonds. The number of hydrogen-bond donors (Lipinski definition) is 1. The van der Waals surface area contributed by atoms with Crippen LogP contribution in [0.4, 0.5) is 18.9 Å². The van der Waals surface area contributed by atoms with Gasteiger partial charge in [-0.15, -0.1) is 0 Å². The maximum absolute atomic E-state index is 14.3. The quantitative estimate of drug-likeness (QED) is 0.571. The number of nitrogens with one attached hydrogen (secondary N) is 1. The molecule has 0 saturated carbocycles. The average Bonchev–Trinajstić information content (AvgIpc) is 3.34. The molecule has 1 N–H and O–H groups in total. The van der Waals surface area contributed by atoms with E-state index in [-0.39, 0.29) is 16.9 Å². The van der Waals surface area contributed by atoms with Crippen molar-refractivity contribution in [2.24, 2.45) is 0 Å². The number of aromatic nitrogens is 3. The second-order valence-electron chi connectivity index (χ2n) is 5.92. The number of halogens is 3. The molecule has 0 aliphatic carbocycles. The van der Waals surface area contributed by atoms with Gasteiger partial charge in [0.1, 0.15) is 17.1 Å². The van der Waals surface area contributed by atoms with Crippen LogP contribution in [0.2, 0.25) is 0 Å². The summed E-state index contributed by atoms with van der Waals surface area (Å²) in [6, 6.07) is 12.6. The Kier molecular flexibility index (Phi) is 4.44. The highest BCUT2D eigenvalue weighted by atomic mass is 19.2. The molecule has 140 valence electrons. The summed E-state index contributed by atoms with van der Waals surface area (Å²) in [4.78, 5) is 12.8. The molecule has 0 fully saturated rings. The van der Waals surface area contributed by atoms with E-state index in [1.807, 2.05) is 0 Å². The van der Waals surface area contributed by atoms with E-state index in [9.17, 15) is 18.0 Å². The van der Waals surface area contributed by atoms with Crippen molar-refractivity contribution in [1.29, 1.82) is 0 Å². The summed E-state index contributed by atoms with van der Waals surface area (Å²) in [5, 5.41) is 6.66. The van der Waals surface area contributed by atoms with Gasteiger partial charge >= 0.3 is 0 Å². The van der Waals surface area contributed by atoms with Crippen molar-refractivity contribution in [3.8, 4) is 11.5 Å². The van der Waals surface area contributed by atoms with E-state index in [0.717, 1.165) is 12.1 Å². The number of carbonyl (C=O) groups excluding carboxylic acids is 1. The van der Waals surface area contributed by atoms with Crippen LogP contribution < -0.4 is 5.32 Å². The van der Waals surface area contributed by atoms with Crippen LogP contribution in [-0.2, 0) is 0 Å². The first-order chi connectivity index (χ1) is 13.5. The Labute approximate surface area is 157 Å². The Morgan fingerprint density at radius 3 is 2.36 bits per heavy atom. The minimum Gasteiger partial charge on any atom is -0.322 e. The van der Waals surface area contributed by atoms with Crippen LogP contribution in [0.1, 0.15) is 10.4 Å². The lowest BCUT2D eigenvalue weighted by Gasteiger charge is -2.12. The predicted molar refractivity (Wildman–Crippen MR) is 97.2 cm³/mol. The molecule has 0 unspecified atom stereocenters. The highest BCUT2D eigenvalue weighted by molar-refractivity contribution is 6.06. The SMILES string of the molecule is O=C(Nc1ccc(F)c(F)c1)c1cnn(-c2ccccc2F)c1-n1cccc1. The van der Waals surface area contributed by atoms with Crippen molar-refractivity contribution in [1.82, 2.24) is 14.3 Å². The molecule has 2 heterocycles. The lowest BCUT2D eigenvalue weighted by atomic mass is 10.2. The monoisotopic (exact) mass is 382 g/mol. The zero-order chi connectivity index (χ0) is 19.7. The van der Waals surface area contributed by atoms with Gasteiger partial charge in [0, 0.05) is 24.1 Å². The Morgan fingerprint density at radius 1 is 0.893 bits per heavy atom. The van der Waals surface area contributed by atoms with Crippen molar-refractivity contribution in [3.63, 3.8) is 0 Å². The van der Waals surface area contributed by atoms with Crippen LogP contribution in [0.5, 0.6) is 0 Å². The summed E-state index contributed by atoms with van der Waals surface area (Å²) in [7, 11) is 0. The number of rotatable bonds is 4. The van der Waals surface area contributed by atoms with E-state index < -0.39 is 23.4 Å². The number of hydrogen-bond acceptors (Lipinski definition) is 2. The first kappa shape index (κ1) is 17.6. The summed E-state index contributed by atoms with van der Waals surface area (Å²) in [5.74, 6) is -2.90. The van der Waals surface area contributed by atoms with Gasteiger partial charge < -0.3 is 9.88 Å². The van der Waals surface area contributed by atoms with Gasteiger partial charge in [-0.3, -0.25) is 4.79 Å². The lowest BCUT2D eigenvalue weighted by molar-refractivity contribution is 0.102. The first-order valence-electron chi connectivity index (χ1n) is 8.27. The largest absolute Gasteiger partial charge is 0.322 e. The van der Waals surface area contributed by atoms with Gasteiger partial charge in [0.25, 0.3) is 5.91 Å². The Hall–Kier alpha value is -3.81. The minimum absolute atomic E-state index is 0.0843. The van der Waals surface area contributed by atoms with Gasteiger partial charge in [0.15, 0.2) is 17.5 Å². The van der Waals surface area contributed by atoms with Crippen LogP contribution in [0, 0.1) is 17.5 Å². The lowest BCUT2D eigenvalue weighted by Crippen LogP contribution is -2.15. The zero-order valence-corrected chi connectivity index (χ0v) is 14.3. The Balaban J connectivity index is 1.78. The molecule has 28 heavy (non-hydrogen) atoms. The molecule has 5 nitrogen and oxygen atoms in total. The molecule has 0 spiro atoms. The molecule has 0 aliphatic heterocycles. The zero-order valence-electron chi connectivity index (χ0n) is 14.3. The third-order valence-corrected chi connectivity index (χ3v) is 4.10. The fourth-order valence-electron chi connectivity index (χ4n) is 2.80. The van der Waals surface area contributed by atoms with Crippen molar-refractivity contribution < 1.29 is 18.0 Å².